The first-order chi connectivity index (χ1) is 16.6. The lowest BCUT2D eigenvalue weighted by molar-refractivity contribution is -0.118. The molecule has 1 amide bonds. The molecule has 0 aliphatic heterocycles. The van der Waals surface area contributed by atoms with E-state index in [4.69, 9.17) is 4.98 Å². The average molecular weight is 471 g/mol. The predicted octanol–water partition coefficient (Wildman–Crippen LogP) is 4.40. The molecule has 1 N–H and O–H groups in total. The molecule has 0 saturated carbocycles. The van der Waals surface area contributed by atoms with Crippen molar-refractivity contribution in [3.8, 4) is 22.5 Å². The van der Waals surface area contributed by atoms with Crippen LogP contribution in [0.2, 0.25) is 0 Å². The Kier molecular flexibility index (Phi) is 7.62. The number of amides is 1. The molecule has 4 aromatic rings. The van der Waals surface area contributed by atoms with Crippen LogP contribution in [0.1, 0.15) is 15.9 Å². The zero-order chi connectivity index (χ0) is 23.8. The maximum Gasteiger partial charge on any atom is 0.337 e. The molecule has 8 heteroatoms. The summed E-state index contributed by atoms with van der Waals surface area (Å²) in [5.74, 6) is -0.395. The number of ether oxygens (including phenoxy) is 1. The summed E-state index contributed by atoms with van der Waals surface area (Å²) in [6.45, 7) is 0.349. The molecule has 0 aliphatic rings. The summed E-state index contributed by atoms with van der Waals surface area (Å²) in [5, 5.41) is 12.0. The van der Waals surface area contributed by atoms with Crippen LogP contribution >= 0.6 is 11.8 Å². The highest BCUT2D eigenvalue weighted by Gasteiger charge is 2.14. The first-order valence-corrected chi connectivity index (χ1v) is 11.5. The SMILES string of the molecule is COC(=O)c1ccc(CNC(=O)CSc2nnc(-c3ccccc3)c(-c3ccccc3)n2)cc1. The summed E-state index contributed by atoms with van der Waals surface area (Å²) in [6.07, 6.45) is 0. The molecular weight excluding hydrogens is 448 g/mol. The van der Waals surface area contributed by atoms with Gasteiger partial charge >= 0.3 is 5.97 Å². The molecule has 0 unspecified atom stereocenters. The molecule has 0 saturated heterocycles. The molecule has 7 nitrogen and oxygen atoms in total. The lowest BCUT2D eigenvalue weighted by atomic mass is 10.0. The zero-order valence-electron chi connectivity index (χ0n) is 18.5. The van der Waals surface area contributed by atoms with Gasteiger partial charge in [-0.2, -0.15) is 0 Å². The highest BCUT2D eigenvalue weighted by molar-refractivity contribution is 7.99. The zero-order valence-corrected chi connectivity index (χ0v) is 19.3. The van der Waals surface area contributed by atoms with Crippen LogP contribution in [0.25, 0.3) is 22.5 Å². The molecule has 1 aromatic heterocycles. The fraction of sp³-hybridized carbons (Fsp3) is 0.115. The van der Waals surface area contributed by atoms with Crippen molar-refractivity contribution in [2.45, 2.75) is 11.7 Å². The number of benzene rings is 3. The Labute approximate surface area is 201 Å². The number of thioether (sulfide) groups is 1. The summed E-state index contributed by atoms with van der Waals surface area (Å²) in [4.78, 5) is 28.6. The van der Waals surface area contributed by atoms with Gasteiger partial charge in [-0.15, -0.1) is 10.2 Å². The quantitative estimate of drug-likeness (QED) is 0.301. The summed E-state index contributed by atoms with van der Waals surface area (Å²) < 4.78 is 4.69. The monoisotopic (exact) mass is 470 g/mol. The van der Waals surface area contributed by atoms with Gasteiger partial charge in [-0.25, -0.2) is 9.78 Å². The van der Waals surface area contributed by atoms with Gasteiger partial charge in [0.05, 0.1) is 18.4 Å². The van der Waals surface area contributed by atoms with Gasteiger partial charge < -0.3 is 10.1 Å². The van der Waals surface area contributed by atoms with Crippen LogP contribution in [0, 0.1) is 0 Å². The number of hydrogen-bond acceptors (Lipinski definition) is 7. The Hall–Kier alpha value is -4.04. The summed E-state index contributed by atoms with van der Waals surface area (Å²) in [5.41, 5.74) is 4.60. The molecule has 34 heavy (non-hydrogen) atoms. The number of aromatic nitrogens is 3. The first-order valence-electron chi connectivity index (χ1n) is 10.6. The Morgan fingerprint density at radius 2 is 1.44 bits per heavy atom. The predicted molar refractivity (Wildman–Crippen MR) is 131 cm³/mol. The van der Waals surface area contributed by atoms with Gasteiger partial charge in [0, 0.05) is 17.7 Å². The molecular formula is C26H22N4O3S. The van der Waals surface area contributed by atoms with E-state index >= 15 is 0 Å². The molecule has 0 radical (unpaired) electrons. The normalized spacial score (nSPS) is 10.5. The lowest BCUT2D eigenvalue weighted by Crippen LogP contribution is -2.24. The summed E-state index contributed by atoms with van der Waals surface area (Å²) >= 11 is 1.23. The van der Waals surface area contributed by atoms with Crippen molar-refractivity contribution in [1.82, 2.24) is 20.5 Å². The maximum atomic E-state index is 12.4. The fourth-order valence-corrected chi connectivity index (χ4v) is 3.83. The van der Waals surface area contributed by atoms with E-state index in [0.29, 0.717) is 23.0 Å². The number of nitrogens with one attached hydrogen (secondary N) is 1. The van der Waals surface area contributed by atoms with Gasteiger partial charge in [0.25, 0.3) is 0 Å². The lowest BCUT2D eigenvalue weighted by Gasteiger charge is -2.09. The molecule has 0 spiro atoms. The van der Waals surface area contributed by atoms with Crippen molar-refractivity contribution in [2.75, 3.05) is 12.9 Å². The molecule has 1 heterocycles. The third kappa shape index (κ3) is 5.85. The van der Waals surface area contributed by atoms with Crippen molar-refractivity contribution in [3.05, 3.63) is 96.1 Å². The van der Waals surface area contributed by atoms with Crippen molar-refractivity contribution < 1.29 is 14.3 Å². The van der Waals surface area contributed by atoms with Crippen molar-refractivity contribution in [3.63, 3.8) is 0 Å². The van der Waals surface area contributed by atoms with E-state index in [1.54, 1.807) is 24.3 Å². The Balaban J connectivity index is 1.42. The van der Waals surface area contributed by atoms with Crippen molar-refractivity contribution in [1.29, 1.82) is 0 Å². The second kappa shape index (κ2) is 11.2. The standard InChI is InChI=1S/C26H22N4O3S/c1-33-25(32)21-14-12-18(13-15-21)16-27-22(31)17-34-26-28-23(19-8-4-2-5-9-19)24(29-30-26)20-10-6-3-7-11-20/h2-15H,16-17H2,1H3,(H,27,31). The minimum absolute atomic E-state index is 0.154. The number of methoxy groups -OCH3 is 1. The second-order valence-corrected chi connectivity index (χ2v) is 8.22. The highest BCUT2D eigenvalue weighted by Crippen LogP contribution is 2.29. The number of nitrogens with zero attached hydrogens (tertiary/aromatic N) is 3. The molecule has 0 bridgehead atoms. The average Bonchev–Trinajstić information content (AvgIpc) is 2.91. The Morgan fingerprint density at radius 3 is 2.06 bits per heavy atom. The molecule has 3 aromatic carbocycles. The van der Waals surface area contributed by atoms with E-state index in [2.05, 4.69) is 20.3 Å². The number of carbonyl (C=O) groups excluding carboxylic acids is 2. The van der Waals surface area contributed by atoms with Gasteiger partial charge in [-0.05, 0) is 17.7 Å². The second-order valence-electron chi connectivity index (χ2n) is 7.28. The van der Waals surface area contributed by atoms with Gasteiger partial charge in [-0.1, -0.05) is 84.6 Å². The van der Waals surface area contributed by atoms with Crippen LogP contribution in [0.3, 0.4) is 0 Å². The van der Waals surface area contributed by atoms with E-state index in [9.17, 15) is 9.59 Å². The van der Waals surface area contributed by atoms with Crippen LogP contribution in [0.15, 0.2) is 90.1 Å². The third-order valence-electron chi connectivity index (χ3n) is 4.96. The molecule has 0 aliphatic carbocycles. The number of hydrogen-bond donors (Lipinski definition) is 1. The van der Waals surface area contributed by atoms with Crippen LogP contribution in [-0.2, 0) is 16.1 Å². The highest BCUT2D eigenvalue weighted by atomic mass is 32.2. The Morgan fingerprint density at radius 1 is 0.824 bits per heavy atom. The number of rotatable bonds is 8. The van der Waals surface area contributed by atoms with E-state index in [1.165, 1.54) is 18.9 Å². The number of carbonyl (C=O) groups is 2. The van der Waals surface area contributed by atoms with E-state index in [0.717, 1.165) is 22.4 Å². The minimum atomic E-state index is -0.395. The molecule has 4 rings (SSSR count). The van der Waals surface area contributed by atoms with Crippen molar-refractivity contribution >= 4 is 23.6 Å². The molecule has 0 fully saturated rings. The van der Waals surface area contributed by atoms with Crippen LogP contribution in [-0.4, -0.2) is 39.9 Å². The topological polar surface area (TPSA) is 94.1 Å². The molecule has 170 valence electrons. The van der Waals surface area contributed by atoms with Crippen LogP contribution in [0.5, 0.6) is 0 Å². The third-order valence-corrected chi connectivity index (χ3v) is 5.80. The van der Waals surface area contributed by atoms with Crippen LogP contribution < -0.4 is 5.32 Å². The summed E-state index contributed by atoms with van der Waals surface area (Å²) in [7, 11) is 1.34. The fourth-order valence-electron chi connectivity index (χ4n) is 3.22. The summed E-state index contributed by atoms with van der Waals surface area (Å²) in [6, 6.07) is 26.5. The minimum Gasteiger partial charge on any atom is -0.465 e. The maximum absolute atomic E-state index is 12.4. The Bertz CT molecular complexity index is 1270. The largest absolute Gasteiger partial charge is 0.465 e. The van der Waals surface area contributed by atoms with Gasteiger partial charge in [0.15, 0.2) is 0 Å². The number of esters is 1. The molecule has 0 atom stereocenters. The smallest absolute Gasteiger partial charge is 0.337 e. The van der Waals surface area contributed by atoms with Crippen molar-refractivity contribution in [2.24, 2.45) is 0 Å². The van der Waals surface area contributed by atoms with Gasteiger partial charge in [-0.3, -0.25) is 4.79 Å². The van der Waals surface area contributed by atoms with Gasteiger partial charge in [0.1, 0.15) is 11.4 Å². The van der Waals surface area contributed by atoms with E-state index in [-0.39, 0.29) is 11.7 Å². The van der Waals surface area contributed by atoms with E-state index in [1.807, 2.05) is 60.7 Å². The van der Waals surface area contributed by atoms with Gasteiger partial charge in [0.2, 0.25) is 11.1 Å². The van der Waals surface area contributed by atoms with E-state index < -0.39 is 5.97 Å². The first kappa shape index (κ1) is 23.1. The van der Waals surface area contributed by atoms with Crippen LogP contribution in [0.4, 0.5) is 0 Å².